The fraction of sp³-hybridized carbons (Fsp3) is 0.667. The molecule has 0 saturated carbocycles. The number of anilines is 2. The highest BCUT2D eigenvalue weighted by molar-refractivity contribution is 7.84. The molecule has 0 saturated heterocycles. The predicted octanol–water partition coefficient (Wildman–Crippen LogP) is 2.52. The van der Waals surface area contributed by atoms with Gasteiger partial charge in [-0.2, -0.15) is 4.98 Å². The molecule has 0 aromatic carbocycles. The number of aromatic nitrogens is 2. The third kappa shape index (κ3) is 5.74. The van der Waals surface area contributed by atoms with Crippen LogP contribution in [0.1, 0.15) is 26.7 Å². The second kappa shape index (κ2) is 8.32. The molecule has 1 aromatic rings. The molecule has 2 N–H and O–H groups in total. The molecule has 1 heterocycles. The van der Waals surface area contributed by atoms with E-state index in [1.807, 2.05) is 6.92 Å². The van der Waals surface area contributed by atoms with Crippen molar-refractivity contribution in [3.63, 3.8) is 0 Å². The summed E-state index contributed by atoms with van der Waals surface area (Å²) in [6.45, 7) is 5.56. The number of rotatable bonds is 8. The van der Waals surface area contributed by atoms with Gasteiger partial charge in [-0.05, 0) is 12.8 Å². The van der Waals surface area contributed by atoms with Gasteiger partial charge in [0.05, 0.1) is 6.20 Å². The number of nitrogens with one attached hydrogen (secondary N) is 2. The summed E-state index contributed by atoms with van der Waals surface area (Å²) >= 11 is 6.03. The van der Waals surface area contributed by atoms with E-state index >= 15 is 0 Å². The van der Waals surface area contributed by atoms with E-state index in [-0.39, 0.29) is 5.25 Å². The van der Waals surface area contributed by atoms with Gasteiger partial charge in [-0.15, -0.1) is 0 Å². The van der Waals surface area contributed by atoms with Crippen molar-refractivity contribution in [2.75, 3.05) is 30.0 Å². The van der Waals surface area contributed by atoms with E-state index in [1.54, 1.807) is 12.5 Å². The first kappa shape index (κ1) is 16.2. The van der Waals surface area contributed by atoms with Gasteiger partial charge < -0.3 is 10.6 Å². The SMILES string of the molecule is CCCNc1ncc(Cl)c(NCCC(C)S(C)=O)n1. The van der Waals surface area contributed by atoms with Gasteiger partial charge in [0.1, 0.15) is 10.8 Å². The topological polar surface area (TPSA) is 66.9 Å². The zero-order valence-electron chi connectivity index (χ0n) is 11.6. The maximum Gasteiger partial charge on any atom is 0.224 e. The number of hydrogen-bond acceptors (Lipinski definition) is 5. The summed E-state index contributed by atoms with van der Waals surface area (Å²) < 4.78 is 11.2. The van der Waals surface area contributed by atoms with Crippen LogP contribution in [0.3, 0.4) is 0 Å². The first-order chi connectivity index (χ1) is 9.04. The second-order valence-electron chi connectivity index (χ2n) is 4.34. The average Bonchev–Trinajstić information content (AvgIpc) is 2.39. The lowest BCUT2D eigenvalue weighted by Crippen LogP contribution is -2.16. The van der Waals surface area contributed by atoms with Crippen molar-refractivity contribution >= 4 is 34.2 Å². The molecule has 0 spiro atoms. The van der Waals surface area contributed by atoms with Crippen LogP contribution in [0.25, 0.3) is 0 Å². The van der Waals surface area contributed by atoms with Crippen molar-refractivity contribution in [3.05, 3.63) is 11.2 Å². The van der Waals surface area contributed by atoms with Crippen LogP contribution < -0.4 is 10.6 Å². The van der Waals surface area contributed by atoms with Crippen molar-refractivity contribution in [1.29, 1.82) is 0 Å². The summed E-state index contributed by atoms with van der Waals surface area (Å²) in [5.41, 5.74) is 0. The van der Waals surface area contributed by atoms with Gasteiger partial charge in [-0.1, -0.05) is 25.4 Å². The highest BCUT2D eigenvalue weighted by atomic mass is 35.5. The minimum atomic E-state index is -0.800. The Morgan fingerprint density at radius 1 is 1.42 bits per heavy atom. The summed E-state index contributed by atoms with van der Waals surface area (Å²) in [4.78, 5) is 8.42. The van der Waals surface area contributed by atoms with Gasteiger partial charge in [-0.3, -0.25) is 4.21 Å². The van der Waals surface area contributed by atoms with Crippen molar-refractivity contribution in [1.82, 2.24) is 9.97 Å². The van der Waals surface area contributed by atoms with E-state index in [2.05, 4.69) is 27.5 Å². The Morgan fingerprint density at radius 2 is 2.16 bits per heavy atom. The molecule has 0 aliphatic heterocycles. The third-order valence-electron chi connectivity index (χ3n) is 2.69. The second-order valence-corrected chi connectivity index (χ2v) is 6.55. The van der Waals surface area contributed by atoms with Crippen molar-refractivity contribution in [2.24, 2.45) is 0 Å². The molecule has 0 aliphatic carbocycles. The molecule has 0 amide bonds. The standard InChI is InChI=1S/C12H21ClN4OS/c1-4-6-15-12-16-8-10(13)11(17-12)14-7-5-9(2)19(3)18/h8-9H,4-7H2,1-3H3,(H2,14,15,16,17). The smallest absolute Gasteiger partial charge is 0.224 e. The molecule has 1 rings (SSSR count). The van der Waals surface area contributed by atoms with Gasteiger partial charge in [0, 0.05) is 35.4 Å². The molecule has 0 aliphatic rings. The monoisotopic (exact) mass is 304 g/mol. The summed E-state index contributed by atoms with van der Waals surface area (Å²) in [6, 6.07) is 0. The van der Waals surface area contributed by atoms with Crippen LogP contribution in [0, 0.1) is 0 Å². The Morgan fingerprint density at radius 3 is 2.79 bits per heavy atom. The van der Waals surface area contributed by atoms with Gasteiger partial charge in [-0.25, -0.2) is 4.98 Å². The molecule has 5 nitrogen and oxygen atoms in total. The fourth-order valence-corrected chi connectivity index (χ4v) is 1.98. The summed E-state index contributed by atoms with van der Waals surface area (Å²) in [6.07, 6.45) is 5.11. The Bertz CT molecular complexity index is 430. The van der Waals surface area contributed by atoms with Crippen molar-refractivity contribution in [2.45, 2.75) is 31.9 Å². The highest BCUT2D eigenvalue weighted by Crippen LogP contribution is 2.19. The Kier molecular flexibility index (Phi) is 7.09. The van der Waals surface area contributed by atoms with Crippen LogP contribution in [0.5, 0.6) is 0 Å². The molecule has 2 atom stereocenters. The maximum absolute atomic E-state index is 11.2. The van der Waals surface area contributed by atoms with Crippen molar-refractivity contribution in [3.8, 4) is 0 Å². The Labute approximate surface area is 122 Å². The van der Waals surface area contributed by atoms with Gasteiger partial charge >= 0.3 is 0 Å². The largest absolute Gasteiger partial charge is 0.369 e. The van der Waals surface area contributed by atoms with E-state index < -0.39 is 10.8 Å². The molecular weight excluding hydrogens is 284 g/mol. The number of nitrogens with zero attached hydrogens (tertiary/aromatic N) is 2. The van der Waals surface area contributed by atoms with Crippen LogP contribution in [-0.4, -0.2) is 38.8 Å². The maximum atomic E-state index is 11.2. The molecule has 19 heavy (non-hydrogen) atoms. The van der Waals surface area contributed by atoms with E-state index in [9.17, 15) is 4.21 Å². The zero-order chi connectivity index (χ0) is 14.3. The Hall–Kier alpha value is -0.880. The van der Waals surface area contributed by atoms with Crippen LogP contribution in [-0.2, 0) is 10.8 Å². The minimum Gasteiger partial charge on any atom is -0.369 e. The molecular formula is C12H21ClN4OS. The van der Waals surface area contributed by atoms with Crippen LogP contribution in [0.15, 0.2) is 6.20 Å². The first-order valence-electron chi connectivity index (χ1n) is 6.37. The molecule has 2 unspecified atom stereocenters. The van der Waals surface area contributed by atoms with Crippen LogP contribution >= 0.6 is 11.6 Å². The van der Waals surface area contributed by atoms with E-state index in [1.165, 1.54) is 0 Å². The lowest BCUT2D eigenvalue weighted by Gasteiger charge is -2.11. The molecule has 7 heteroatoms. The number of halogens is 1. The quantitative estimate of drug-likeness (QED) is 0.772. The predicted molar refractivity (Wildman–Crippen MR) is 82.5 cm³/mol. The first-order valence-corrected chi connectivity index (χ1v) is 8.37. The fourth-order valence-electron chi connectivity index (χ4n) is 1.37. The normalized spacial score (nSPS) is 13.9. The van der Waals surface area contributed by atoms with Gasteiger partial charge in [0.15, 0.2) is 0 Å². The molecule has 0 bridgehead atoms. The molecule has 0 radical (unpaired) electrons. The van der Waals surface area contributed by atoms with E-state index in [4.69, 9.17) is 11.6 Å². The van der Waals surface area contributed by atoms with Crippen LogP contribution in [0.4, 0.5) is 11.8 Å². The summed E-state index contributed by atoms with van der Waals surface area (Å²) in [7, 11) is -0.800. The summed E-state index contributed by atoms with van der Waals surface area (Å²) in [5, 5.41) is 6.92. The molecule has 1 aromatic heterocycles. The average molecular weight is 305 g/mol. The zero-order valence-corrected chi connectivity index (χ0v) is 13.1. The highest BCUT2D eigenvalue weighted by Gasteiger charge is 2.08. The van der Waals surface area contributed by atoms with Crippen molar-refractivity contribution < 1.29 is 4.21 Å². The van der Waals surface area contributed by atoms with Crippen LogP contribution in [0.2, 0.25) is 5.02 Å². The Balaban J connectivity index is 2.54. The van der Waals surface area contributed by atoms with Gasteiger partial charge in [0.2, 0.25) is 5.95 Å². The number of hydrogen-bond donors (Lipinski definition) is 2. The summed E-state index contributed by atoms with van der Waals surface area (Å²) in [5.74, 6) is 1.19. The van der Waals surface area contributed by atoms with Gasteiger partial charge in [0.25, 0.3) is 0 Å². The van der Waals surface area contributed by atoms with E-state index in [0.717, 1.165) is 19.4 Å². The third-order valence-corrected chi connectivity index (χ3v) is 4.33. The van der Waals surface area contributed by atoms with E-state index in [0.29, 0.717) is 23.3 Å². The lowest BCUT2D eigenvalue weighted by atomic mass is 10.3. The minimum absolute atomic E-state index is 0.158. The molecule has 0 fully saturated rings. The molecule has 108 valence electrons. The lowest BCUT2D eigenvalue weighted by molar-refractivity contribution is 0.672.